The predicted molar refractivity (Wildman–Crippen MR) is 69.8 cm³/mol. The third kappa shape index (κ3) is 2.26. The summed E-state index contributed by atoms with van der Waals surface area (Å²) in [5.74, 6) is 1.29. The highest BCUT2D eigenvalue weighted by Crippen LogP contribution is 2.31. The second kappa shape index (κ2) is 4.49. The van der Waals surface area contributed by atoms with Gasteiger partial charge in [0.25, 0.3) is 5.91 Å². The van der Waals surface area contributed by atoms with Gasteiger partial charge in [-0.3, -0.25) is 4.79 Å². The zero-order valence-corrected chi connectivity index (χ0v) is 10.1. The molecular weight excluding hydrogens is 230 g/mol. The summed E-state index contributed by atoms with van der Waals surface area (Å²) in [6.45, 7) is 1.03. The first-order valence-electron chi connectivity index (χ1n) is 6.27. The molecule has 1 amide bonds. The van der Waals surface area contributed by atoms with E-state index in [-0.39, 0.29) is 12.5 Å². The molecule has 1 aromatic rings. The molecule has 1 saturated carbocycles. The lowest BCUT2D eigenvalue weighted by Gasteiger charge is -2.32. The van der Waals surface area contributed by atoms with Crippen LogP contribution in [0.4, 0.5) is 11.4 Å². The highest BCUT2D eigenvalue weighted by atomic mass is 16.5. The molecule has 5 heteroatoms. The molecule has 0 aromatic heterocycles. The first-order valence-corrected chi connectivity index (χ1v) is 6.27. The maximum absolute atomic E-state index is 11.2. The van der Waals surface area contributed by atoms with Gasteiger partial charge < -0.3 is 21.1 Å². The minimum Gasteiger partial charge on any atom is -0.482 e. The molecule has 0 unspecified atom stereocenters. The quantitative estimate of drug-likeness (QED) is 0.749. The van der Waals surface area contributed by atoms with Crippen LogP contribution in [0.3, 0.4) is 0 Å². The fourth-order valence-corrected chi connectivity index (χ4v) is 2.41. The van der Waals surface area contributed by atoms with Crippen LogP contribution in [0.1, 0.15) is 12.8 Å². The number of carbonyl (C=O) groups excluding carboxylic acids is 1. The summed E-state index contributed by atoms with van der Waals surface area (Å²) < 4.78 is 5.31. The lowest BCUT2D eigenvalue weighted by Crippen LogP contribution is -2.39. The van der Waals surface area contributed by atoms with Crippen molar-refractivity contribution in [2.45, 2.75) is 18.9 Å². The summed E-state index contributed by atoms with van der Waals surface area (Å²) >= 11 is 0. The lowest BCUT2D eigenvalue weighted by molar-refractivity contribution is -0.118. The van der Waals surface area contributed by atoms with E-state index in [4.69, 9.17) is 10.5 Å². The first-order chi connectivity index (χ1) is 8.70. The van der Waals surface area contributed by atoms with Crippen molar-refractivity contribution >= 4 is 17.3 Å². The van der Waals surface area contributed by atoms with Crippen LogP contribution in [0.5, 0.6) is 5.75 Å². The molecule has 5 nitrogen and oxygen atoms in total. The third-order valence-corrected chi connectivity index (χ3v) is 3.48. The molecule has 1 aliphatic carbocycles. The van der Waals surface area contributed by atoms with Gasteiger partial charge in [-0.2, -0.15) is 0 Å². The van der Waals surface area contributed by atoms with E-state index >= 15 is 0 Å². The van der Waals surface area contributed by atoms with Gasteiger partial charge in [-0.25, -0.2) is 0 Å². The van der Waals surface area contributed by atoms with Crippen LogP contribution in [0, 0.1) is 5.92 Å². The van der Waals surface area contributed by atoms with Crippen molar-refractivity contribution in [2.75, 3.05) is 23.8 Å². The Labute approximate surface area is 106 Å². The highest BCUT2D eigenvalue weighted by Gasteiger charge is 2.25. The predicted octanol–water partition coefficient (Wildman–Crippen LogP) is 1.17. The zero-order chi connectivity index (χ0) is 12.5. The Balaban J connectivity index is 1.63. The molecule has 0 saturated heterocycles. The molecule has 0 atom stereocenters. The van der Waals surface area contributed by atoms with Gasteiger partial charge in [0.15, 0.2) is 6.61 Å². The van der Waals surface area contributed by atoms with Crippen molar-refractivity contribution in [3.63, 3.8) is 0 Å². The van der Waals surface area contributed by atoms with Crippen LogP contribution in [0.2, 0.25) is 0 Å². The van der Waals surface area contributed by atoms with Crippen LogP contribution in [-0.2, 0) is 4.79 Å². The molecule has 3 rings (SSSR count). The molecule has 1 aliphatic heterocycles. The van der Waals surface area contributed by atoms with E-state index in [2.05, 4.69) is 10.6 Å². The SMILES string of the molecule is NC1CC(CNc2ccc3c(c2)NC(=O)CO3)C1. The third-order valence-electron chi connectivity index (χ3n) is 3.48. The van der Waals surface area contributed by atoms with E-state index < -0.39 is 0 Å². The number of hydrogen-bond acceptors (Lipinski definition) is 4. The van der Waals surface area contributed by atoms with Crippen LogP contribution >= 0.6 is 0 Å². The molecule has 18 heavy (non-hydrogen) atoms. The molecule has 4 N–H and O–H groups in total. The van der Waals surface area contributed by atoms with Crippen molar-refractivity contribution in [3.05, 3.63) is 18.2 Å². The van der Waals surface area contributed by atoms with Gasteiger partial charge in [0.2, 0.25) is 0 Å². The number of anilines is 2. The molecule has 2 aliphatic rings. The molecule has 0 radical (unpaired) electrons. The van der Waals surface area contributed by atoms with Crippen molar-refractivity contribution < 1.29 is 9.53 Å². The molecule has 0 spiro atoms. The number of hydrogen-bond donors (Lipinski definition) is 3. The largest absolute Gasteiger partial charge is 0.482 e. The number of nitrogens with two attached hydrogens (primary N) is 1. The van der Waals surface area contributed by atoms with Crippen LogP contribution in [-0.4, -0.2) is 25.1 Å². The maximum Gasteiger partial charge on any atom is 0.262 e. The van der Waals surface area contributed by atoms with Gasteiger partial charge in [0.05, 0.1) is 5.69 Å². The monoisotopic (exact) mass is 247 g/mol. The molecule has 1 heterocycles. The van der Waals surface area contributed by atoms with E-state index in [0.29, 0.717) is 12.0 Å². The Morgan fingerprint density at radius 2 is 2.28 bits per heavy atom. The molecular formula is C13H17N3O2. The van der Waals surface area contributed by atoms with Crippen LogP contribution in [0.15, 0.2) is 18.2 Å². The minimum absolute atomic E-state index is 0.0970. The molecule has 0 bridgehead atoms. The highest BCUT2D eigenvalue weighted by molar-refractivity contribution is 5.95. The number of carbonyl (C=O) groups is 1. The molecule has 96 valence electrons. The Bertz CT molecular complexity index is 469. The second-order valence-corrected chi connectivity index (χ2v) is 5.03. The number of nitrogens with one attached hydrogen (secondary N) is 2. The van der Waals surface area contributed by atoms with Gasteiger partial charge in [-0.15, -0.1) is 0 Å². The van der Waals surface area contributed by atoms with E-state index in [9.17, 15) is 4.79 Å². The van der Waals surface area contributed by atoms with E-state index in [1.54, 1.807) is 0 Å². The van der Waals surface area contributed by atoms with E-state index in [1.165, 1.54) is 0 Å². The summed E-state index contributed by atoms with van der Waals surface area (Å²) in [4.78, 5) is 11.2. The number of rotatable bonds is 3. The average Bonchev–Trinajstić information content (AvgIpc) is 2.32. The Hall–Kier alpha value is -1.75. The van der Waals surface area contributed by atoms with Gasteiger partial charge in [-0.05, 0) is 37.0 Å². The normalized spacial score (nSPS) is 25.5. The van der Waals surface area contributed by atoms with Crippen LogP contribution < -0.4 is 21.1 Å². The molecule has 1 aromatic carbocycles. The molecule has 1 fully saturated rings. The van der Waals surface area contributed by atoms with Crippen LogP contribution in [0.25, 0.3) is 0 Å². The minimum atomic E-state index is -0.107. The lowest BCUT2D eigenvalue weighted by atomic mass is 9.81. The Morgan fingerprint density at radius 1 is 1.44 bits per heavy atom. The number of amides is 1. The first kappa shape index (κ1) is 11.3. The standard InChI is InChI=1S/C13H17N3O2/c14-9-3-8(4-9)6-15-10-1-2-12-11(5-10)16-13(17)7-18-12/h1-2,5,8-9,15H,3-4,6-7,14H2,(H,16,17). The summed E-state index contributed by atoms with van der Waals surface area (Å²) in [5, 5.41) is 6.17. The summed E-state index contributed by atoms with van der Waals surface area (Å²) in [5.41, 5.74) is 7.49. The summed E-state index contributed by atoms with van der Waals surface area (Å²) in [7, 11) is 0. The smallest absolute Gasteiger partial charge is 0.262 e. The zero-order valence-electron chi connectivity index (χ0n) is 10.1. The van der Waals surface area contributed by atoms with E-state index in [0.717, 1.165) is 36.5 Å². The van der Waals surface area contributed by atoms with Crippen molar-refractivity contribution in [1.82, 2.24) is 0 Å². The number of fused-ring (bicyclic) bond motifs is 1. The average molecular weight is 247 g/mol. The maximum atomic E-state index is 11.2. The topological polar surface area (TPSA) is 76.4 Å². The second-order valence-electron chi connectivity index (χ2n) is 5.03. The van der Waals surface area contributed by atoms with Gasteiger partial charge in [0.1, 0.15) is 5.75 Å². The van der Waals surface area contributed by atoms with Crippen molar-refractivity contribution in [3.8, 4) is 5.75 Å². The Kier molecular flexibility index (Phi) is 2.83. The Morgan fingerprint density at radius 3 is 3.06 bits per heavy atom. The number of ether oxygens (including phenoxy) is 1. The summed E-state index contributed by atoms with van der Waals surface area (Å²) in [6.07, 6.45) is 2.19. The van der Waals surface area contributed by atoms with Gasteiger partial charge in [0, 0.05) is 18.3 Å². The van der Waals surface area contributed by atoms with Crippen molar-refractivity contribution in [1.29, 1.82) is 0 Å². The fourth-order valence-electron chi connectivity index (χ4n) is 2.41. The fraction of sp³-hybridized carbons (Fsp3) is 0.462. The van der Waals surface area contributed by atoms with E-state index in [1.807, 2.05) is 18.2 Å². The van der Waals surface area contributed by atoms with Gasteiger partial charge in [-0.1, -0.05) is 0 Å². The summed E-state index contributed by atoms with van der Waals surface area (Å²) in [6, 6.07) is 6.14. The van der Waals surface area contributed by atoms with Gasteiger partial charge >= 0.3 is 0 Å². The number of benzene rings is 1. The van der Waals surface area contributed by atoms with Crippen molar-refractivity contribution in [2.24, 2.45) is 11.7 Å².